The molecule has 0 saturated carbocycles. The molecule has 1 N–H and O–H groups in total. The molecule has 1 heterocycles. The molecule has 3 aromatic rings. The molecule has 0 aliphatic rings. The highest BCUT2D eigenvalue weighted by atomic mass is 79.9. The lowest BCUT2D eigenvalue weighted by molar-refractivity contribution is -0.116. The van der Waals surface area contributed by atoms with Crippen molar-refractivity contribution >= 4 is 55.8 Å². The van der Waals surface area contributed by atoms with Gasteiger partial charge in [-0.15, -0.1) is 10.2 Å². The zero-order chi connectivity index (χ0) is 22.2. The van der Waals surface area contributed by atoms with Crippen molar-refractivity contribution in [2.75, 3.05) is 32.1 Å². The van der Waals surface area contributed by atoms with Crippen molar-refractivity contribution in [3.63, 3.8) is 0 Å². The number of carbonyl (C=O) groups is 2. The van der Waals surface area contributed by atoms with Gasteiger partial charge in [-0.3, -0.25) is 9.59 Å². The van der Waals surface area contributed by atoms with Crippen LogP contribution >= 0.6 is 38.9 Å². The highest BCUT2D eigenvalue weighted by Crippen LogP contribution is 2.28. The van der Waals surface area contributed by atoms with Gasteiger partial charge < -0.3 is 15.0 Å². The molecular formula is C21H20BrClN4O3S. The van der Waals surface area contributed by atoms with E-state index in [1.165, 1.54) is 11.3 Å². The number of aromatic nitrogens is 2. The first-order valence-corrected chi connectivity index (χ1v) is 11.4. The minimum absolute atomic E-state index is 0.120. The summed E-state index contributed by atoms with van der Waals surface area (Å²) in [6, 6.07) is 14.3. The second kappa shape index (κ2) is 11.3. The van der Waals surface area contributed by atoms with E-state index < -0.39 is 0 Å². The fourth-order valence-electron chi connectivity index (χ4n) is 2.72. The van der Waals surface area contributed by atoms with Crippen LogP contribution in [0.4, 0.5) is 5.13 Å². The lowest BCUT2D eigenvalue weighted by atomic mass is 10.2. The zero-order valence-electron chi connectivity index (χ0n) is 16.7. The summed E-state index contributed by atoms with van der Waals surface area (Å²) < 4.78 is 6.03. The van der Waals surface area contributed by atoms with Gasteiger partial charge in [-0.25, -0.2) is 0 Å². The van der Waals surface area contributed by atoms with Gasteiger partial charge in [0.15, 0.2) is 0 Å². The molecule has 0 aliphatic heterocycles. The number of hydrogen-bond acceptors (Lipinski definition) is 6. The fraction of sp³-hybridized carbons (Fsp3) is 0.238. The van der Waals surface area contributed by atoms with Crippen LogP contribution in [0.1, 0.15) is 16.8 Å². The first-order chi connectivity index (χ1) is 15.0. The molecule has 0 aliphatic carbocycles. The van der Waals surface area contributed by atoms with Crippen molar-refractivity contribution in [3.05, 3.63) is 63.6 Å². The Bertz CT molecular complexity index is 1050. The fourth-order valence-corrected chi connectivity index (χ4v) is 4.00. The van der Waals surface area contributed by atoms with Crippen LogP contribution in [0.5, 0.6) is 0 Å². The third-order valence-corrected chi connectivity index (χ3v) is 5.93. The number of rotatable bonds is 9. The first-order valence-electron chi connectivity index (χ1n) is 9.39. The first kappa shape index (κ1) is 23.3. The van der Waals surface area contributed by atoms with Gasteiger partial charge in [-0.2, -0.15) is 0 Å². The normalized spacial score (nSPS) is 10.7. The number of carbonyl (C=O) groups excluding carboxylic acids is 2. The molecule has 0 spiro atoms. The largest absolute Gasteiger partial charge is 0.383 e. The molecule has 0 bridgehead atoms. The minimum atomic E-state index is -0.247. The quantitative estimate of drug-likeness (QED) is 0.438. The van der Waals surface area contributed by atoms with E-state index in [1.54, 1.807) is 36.3 Å². The molecule has 0 radical (unpaired) electrons. The number of methoxy groups -OCH3 is 1. The average Bonchev–Trinajstić information content (AvgIpc) is 3.22. The summed E-state index contributed by atoms with van der Waals surface area (Å²) in [4.78, 5) is 26.8. The lowest BCUT2D eigenvalue weighted by Gasteiger charge is -2.22. The van der Waals surface area contributed by atoms with Crippen molar-refractivity contribution in [3.8, 4) is 10.6 Å². The maximum atomic E-state index is 12.8. The number of halogens is 2. The van der Waals surface area contributed by atoms with Crippen molar-refractivity contribution in [1.29, 1.82) is 0 Å². The van der Waals surface area contributed by atoms with E-state index in [2.05, 4.69) is 31.4 Å². The topological polar surface area (TPSA) is 84.4 Å². The van der Waals surface area contributed by atoms with Gasteiger partial charge in [0.25, 0.3) is 5.91 Å². The molecule has 1 aromatic heterocycles. The standard InChI is InChI=1S/C21H20BrClN4O3S/c1-30-12-11-27(20(29)14-5-7-17(23)8-6-14)10-9-18(28)24-21-26-25-19(31-21)15-3-2-4-16(22)13-15/h2-8,13H,9-12H2,1H3,(H,24,26,28). The molecule has 2 aromatic carbocycles. The van der Waals surface area contributed by atoms with Crippen LogP contribution in [0.2, 0.25) is 5.02 Å². The highest BCUT2D eigenvalue weighted by molar-refractivity contribution is 9.10. The van der Waals surface area contributed by atoms with E-state index in [0.717, 1.165) is 10.0 Å². The van der Waals surface area contributed by atoms with Gasteiger partial charge in [0.2, 0.25) is 11.0 Å². The molecule has 10 heteroatoms. The van der Waals surface area contributed by atoms with E-state index in [1.807, 2.05) is 24.3 Å². The smallest absolute Gasteiger partial charge is 0.253 e. The van der Waals surface area contributed by atoms with Crippen LogP contribution in [0, 0.1) is 0 Å². The lowest BCUT2D eigenvalue weighted by Crippen LogP contribution is -2.36. The number of ether oxygens (including phenoxy) is 1. The van der Waals surface area contributed by atoms with Gasteiger partial charge >= 0.3 is 0 Å². The molecule has 0 unspecified atom stereocenters. The summed E-state index contributed by atoms with van der Waals surface area (Å²) in [6.45, 7) is 0.984. The molecule has 0 saturated heterocycles. The van der Waals surface area contributed by atoms with Crippen LogP contribution in [-0.2, 0) is 9.53 Å². The van der Waals surface area contributed by atoms with Crippen LogP contribution < -0.4 is 5.32 Å². The number of benzene rings is 2. The molecule has 0 fully saturated rings. The second-order valence-corrected chi connectivity index (χ2v) is 8.84. The summed E-state index contributed by atoms with van der Waals surface area (Å²) in [6.07, 6.45) is 0.120. The third kappa shape index (κ3) is 6.83. The van der Waals surface area contributed by atoms with Crippen LogP contribution in [0.15, 0.2) is 53.0 Å². The molecular weight excluding hydrogens is 504 g/mol. The Morgan fingerprint density at radius 3 is 2.65 bits per heavy atom. The van der Waals surface area contributed by atoms with Crippen molar-refractivity contribution in [2.45, 2.75) is 6.42 Å². The van der Waals surface area contributed by atoms with Gasteiger partial charge in [0.05, 0.1) is 6.61 Å². The van der Waals surface area contributed by atoms with Gasteiger partial charge in [-0.1, -0.05) is 51.0 Å². The Hall–Kier alpha value is -2.33. The number of nitrogens with one attached hydrogen (secondary N) is 1. The summed E-state index contributed by atoms with van der Waals surface area (Å²) in [5, 5.41) is 12.6. The van der Waals surface area contributed by atoms with Gasteiger partial charge in [0.1, 0.15) is 5.01 Å². The molecule has 7 nitrogen and oxygen atoms in total. The highest BCUT2D eigenvalue weighted by Gasteiger charge is 2.18. The number of nitrogens with zero attached hydrogens (tertiary/aromatic N) is 3. The van der Waals surface area contributed by atoms with E-state index in [9.17, 15) is 9.59 Å². The monoisotopic (exact) mass is 522 g/mol. The van der Waals surface area contributed by atoms with E-state index in [4.69, 9.17) is 16.3 Å². The van der Waals surface area contributed by atoms with Crippen LogP contribution in [-0.4, -0.2) is 53.7 Å². The van der Waals surface area contributed by atoms with E-state index in [0.29, 0.717) is 33.9 Å². The minimum Gasteiger partial charge on any atom is -0.383 e. The predicted octanol–water partition coefficient (Wildman–Crippen LogP) is 4.74. The van der Waals surface area contributed by atoms with Crippen molar-refractivity contribution < 1.29 is 14.3 Å². The SMILES string of the molecule is COCCN(CCC(=O)Nc1nnc(-c2cccc(Br)c2)s1)C(=O)c1ccc(Cl)cc1. The van der Waals surface area contributed by atoms with E-state index >= 15 is 0 Å². The van der Waals surface area contributed by atoms with E-state index in [-0.39, 0.29) is 24.8 Å². The van der Waals surface area contributed by atoms with Crippen LogP contribution in [0.3, 0.4) is 0 Å². The van der Waals surface area contributed by atoms with Crippen LogP contribution in [0.25, 0.3) is 10.6 Å². The Labute approximate surface area is 197 Å². The Morgan fingerprint density at radius 2 is 1.94 bits per heavy atom. The predicted molar refractivity (Wildman–Crippen MR) is 126 cm³/mol. The summed E-state index contributed by atoms with van der Waals surface area (Å²) in [5.41, 5.74) is 1.41. The summed E-state index contributed by atoms with van der Waals surface area (Å²) in [5.74, 6) is -0.433. The molecule has 162 valence electrons. The zero-order valence-corrected chi connectivity index (χ0v) is 19.8. The Balaban J connectivity index is 1.59. The Morgan fingerprint density at radius 1 is 1.16 bits per heavy atom. The Kier molecular flexibility index (Phi) is 8.53. The molecule has 0 atom stereocenters. The van der Waals surface area contributed by atoms with Crippen molar-refractivity contribution in [2.24, 2.45) is 0 Å². The summed E-state index contributed by atoms with van der Waals surface area (Å²) >= 11 is 10.6. The maximum Gasteiger partial charge on any atom is 0.253 e. The van der Waals surface area contributed by atoms with Gasteiger partial charge in [-0.05, 0) is 36.4 Å². The van der Waals surface area contributed by atoms with Gasteiger partial charge in [0, 0.05) is 47.2 Å². The summed E-state index contributed by atoms with van der Waals surface area (Å²) in [7, 11) is 1.57. The molecule has 3 rings (SSSR count). The molecule has 31 heavy (non-hydrogen) atoms. The number of anilines is 1. The maximum absolute atomic E-state index is 12.8. The molecule has 2 amide bonds. The second-order valence-electron chi connectivity index (χ2n) is 6.51. The third-order valence-electron chi connectivity index (χ3n) is 4.30. The average molecular weight is 524 g/mol. The number of hydrogen-bond donors (Lipinski definition) is 1. The van der Waals surface area contributed by atoms with Crippen molar-refractivity contribution in [1.82, 2.24) is 15.1 Å². The number of amides is 2.